The lowest BCUT2D eigenvalue weighted by Crippen LogP contribution is -2.37. The van der Waals surface area contributed by atoms with E-state index in [2.05, 4.69) is 62.5 Å². The molecule has 54 heavy (non-hydrogen) atoms. The summed E-state index contributed by atoms with van der Waals surface area (Å²) >= 11 is 0. The molecule has 0 fully saturated rings. The van der Waals surface area contributed by atoms with E-state index in [-0.39, 0.29) is 26.1 Å². The number of likely N-dealkylation sites (N-methyl/N-ethyl adjacent to an activating group) is 1. The second-order valence-electron chi connectivity index (χ2n) is 15.3. The van der Waals surface area contributed by atoms with E-state index < -0.39 is 32.5 Å². The van der Waals surface area contributed by atoms with Crippen LogP contribution in [-0.4, -0.2) is 70.0 Å². The number of phosphoric acid groups is 1. The molecule has 0 saturated heterocycles. The van der Waals surface area contributed by atoms with Crippen molar-refractivity contribution < 1.29 is 42.1 Å². The summed E-state index contributed by atoms with van der Waals surface area (Å²) in [5, 5.41) is 0. The lowest BCUT2D eigenvalue weighted by atomic mass is 10.1. The van der Waals surface area contributed by atoms with Crippen LogP contribution in [0.5, 0.6) is 0 Å². The zero-order chi connectivity index (χ0) is 40.0. The second-order valence-corrected chi connectivity index (χ2v) is 16.8. The van der Waals surface area contributed by atoms with Crippen molar-refractivity contribution in [2.75, 3.05) is 47.5 Å². The molecule has 0 saturated carbocycles. The maximum atomic E-state index is 12.6. The third-order valence-corrected chi connectivity index (χ3v) is 9.79. The van der Waals surface area contributed by atoms with Crippen molar-refractivity contribution in [2.45, 2.75) is 174 Å². The van der Waals surface area contributed by atoms with Gasteiger partial charge >= 0.3 is 11.9 Å². The maximum absolute atomic E-state index is 12.6. The quantitative estimate of drug-likeness (QED) is 0.0200. The van der Waals surface area contributed by atoms with Crippen LogP contribution in [0.15, 0.2) is 48.6 Å². The SMILES string of the molecule is CCCCC/C=C/C/C=C/C/C=C/CCCCCCC(=O)OC[C@H](COP(=O)([O-])OCC[N+](C)(C)C)OC(=O)CCCCCCC/C=C/CCCCCC. The molecule has 0 aliphatic carbocycles. The number of quaternary nitrogens is 1. The molecule has 0 aromatic carbocycles. The predicted octanol–water partition coefficient (Wildman–Crippen LogP) is 11.3. The van der Waals surface area contributed by atoms with Crippen LogP contribution in [0.1, 0.15) is 168 Å². The van der Waals surface area contributed by atoms with E-state index in [9.17, 15) is 19.0 Å². The van der Waals surface area contributed by atoms with Gasteiger partial charge in [0.25, 0.3) is 7.82 Å². The van der Waals surface area contributed by atoms with Gasteiger partial charge in [0.2, 0.25) is 0 Å². The first-order chi connectivity index (χ1) is 26.0. The topological polar surface area (TPSA) is 111 Å². The molecular formula is C44H80NO8P. The smallest absolute Gasteiger partial charge is 0.306 e. The molecule has 0 spiro atoms. The predicted molar refractivity (Wildman–Crippen MR) is 222 cm³/mol. The Balaban J connectivity index is 4.43. The number of allylic oxidation sites excluding steroid dienone is 8. The summed E-state index contributed by atoms with van der Waals surface area (Å²) in [5.74, 6) is -0.873. The summed E-state index contributed by atoms with van der Waals surface area (Å²) in [4.78, 5) is 37.5. The molecule has 0 aliphatic rings. The summed E-state index contributed by atoms with van der Waals surface area (Å²) in [6.07, 6.45) is 41.3. The highest BCUT2D eigenvalue weighted by Crippen LogP contribution is 2.38. The molecule has 0 N–H and O–H groups in total. The van der Waals surface area contributed by atoms with Gasteiger partial charge in [0.1, 0.15) is 19.8 Å². The maximum Gasteiger partial charge on any atom is 0.306 e. The van der Waals surface area contributed by atoms with Crippen LogP contribution in [-0.2, 0) is 32.7 Å². The van der Waals surface area contributed by atoms with Gasteiger partial charge in [-0.15, -0.1) is 0 Å². The van der Waals surface area contributed by atoms with Gasteiger partial charge in [-0.2, -0.15) is 0 Å². The largest absolute Gasteiger partial charge is 0.756 e. The van der Waals surface area contributed by atoms with Gasteiger partial charge < -0.3 is 27.9 Å². The lowest BCUT2D eigenvalue weighted by Gasteiger charge is -2.28. The highest BCUT2D eigenvalue weighted by molar-refractivity contribution is 7.45. The zero-order valence-electron chi connectivity index (χ0n) is 35.2. The molecule has 0 radical (unpaired) electrons. The molecule has 0 amide bonds. The van der Waals surface area contributed by atoms with Gasteiger partial charge in [-0.05, 0) is 77.0 Å². The van der Waals surface area contributed by atoms with Crippen molar-refractivity contribution in [3.8, 4) is 0 Å². The van der Waals surface area contributed by atoms with Crippen molar-refractivity contribution in [1.82, 2.24) is 0 Å². The fraction of sp³-hybridized carbons (Fsp3) is 0.773. The standard InChI is InChI=1S/C44H80NO8P/c1-6-8-10-12-14-16-18-20-21-22-23-25-26-28-30-32-34-36-43(46)50-40-42(41-52-54(48,49)51-39-38-45(3,4)5)53-44(47)37-35-33-31-29-27-24-19-17-15-13-11-9-7-2/h14,16-17,19-21,23,25,42H,6-13,15,18,22,24,26-41H2,1-5H3/b16-14+,19-17+,21-20+,25-23+/t42-/m1/s1. The number of esters is 2. The molecule has 0 rings (SSSR count). The number of nitrogens with zero attached hydrogens (tertiary/aromatic N) is 1. The normalized spacial score (nSPS) is 14.1. The number of unbranched alkanes of at least 4 members (excludes halogenated alkanes) is 16. The Morgan fingerprint density at radius 2 is 1.00 bits per heavy atom. The Hall–Kier alpha value is -2.03. The Bertz CT molecular complexity index is 1070. The van der Waals surface area contributed by atoms with Crippen LogP contribution < -0.4 is 4.89 Å². The van der Waals surface area contributed by atoms with E-state index in [4.69, 9.17) is 18.5 Å². The van der Waals surface area contributed by atoms with E-state index >= 15 is 0 Å². The molecule has 0 aromatic heterocycles. The Morgan fingerprint density at radius 3 is 1.54 bits per heavy atom. The van der Waals surface area contributed by atoms with Crippen molar-refractivity contribution in [3.63, 3.8) is 0 Å². The van der Waals surface area contributed by atoms with E-state index in [1.807, 2.05) is 21.1 Å². The summed E-state index contributed by atoms with van der Waals surface area (Å²) < 4.78 is 33.8. The molecule has 1 unspecified atom stereocenters. The number of phosphoric ester groups is 1. The summed E-state index contributed by atoms with van der Waals surface area (Å²) in [7, 11) is 1.14. The third kappa shape index (κ3) is 39.7. The molecular weight excluding hydrogens is 701 g/mol. The van der Waals surface area contributed by atoms with Crippen LogP contribution >= 0.6 is 7.82 Å². The van der Waals surface area contributed by atoms with Gasteiger partial charge in [-0.1, -0.05) is 127 Å². The molecule has 0 heterocycles. The molecule has 314 valence electrons. The van der Waals surface area contributed by atoms with Gasteiger partial charge in [0.15, 0.2) is 6.10 Å². The molecule has 0 aromatic rings. The number of hydrogen-bond acceptors (Lipinski definition) is 8. The molecule has 0 aliphatic heterocycles. The van der Waals surface area contributed by atoms with Gasteiger partial charge in [0, 0.05) is 12.8 Å². The average Bonchev–Trinajstić information content (AvgIpc) is 3.12. The number of carbonyl (C=O) groups is 2. The van der Waals surface area contributed by atoms with E-state index in [1.165, 1.54) is 57.8 Å². The van der Waals surface area contributed by atoms with Crippen LogP contribution in [0.2, 0.25) is 0 Å². The van der Waals surface area contributed by atoms with Crippen LogP contribution in [0.4, 0.5) is 0 Å². The van der Waals surface area contributed by atoms with E-state index in [0.29, 0.717) is 23.9 Å². The molecule has 0 bridgehead atoms. The van der Waals surface area contributed by atoms with Crippen molar-refractivity contribution >= 4 is 19.8 Å². The summed E-state index contributed by atoms with van der Waals surface area (Å²) in [5.41, 5.74) is 0. The van der Waals surface area contributed by atoms with Crippen LogP contribution in [0, 0.1) is 0 Å². The van der Waals surface area contributed by atoms with Crippen LogP contribution in [0.3, 0.4) is 0 Å². The summed E-state index contributed by atoms with van der Waals surface area (Å²) in [6, 6.07) is 0. The Morgan fingerprint density at radius 1 is 0.574 bits per heavy atom. The first-order valence-electron chi connectivity index (χ1n) is 21.3. The summed E-state index contributed by atoms with van der Waals surface area (Å²) in [6.45, 7) is 4.13. The minimum Gasteiger partial charge on any atom is -0.756 e. The highest BCUT2D eigenvalue weighted by Gasteiger charge is 2.21. The highest BCUT2D eigenvalue weighted by atomic mass is 31.2. The van der Waals surface area contributed by atoms with Gasteiger partial charge in [0.05, 0.1) is 27.7 Å². The van der Waals surface area contributed by atoms with Gasteiger partial charge in [-0.3, -0.25) is 14.2 Å². The van der Waals surface area contributed by atoms with Gasteiger partial charge in [-0.25, -0.2) is 0 Å². The van der Waals surface area contributed by atoms with Crippen molar-refractivity contribution in [2.24, 2.45) is 0 Å². The second kappa shape index (κ2) is 36.6. The minimum absolute atomic E-state index is 0.0377. The Labute approximate surface area is 331 Å². The first kappa shape index (κ1) is 52.0. The van der Waals surface area contributed by atoms with Crippen molar-refractivity contribution in [1.29, 1.82) is 0 Å². The molecule has 9 nitrogen and oxygen atoms in total. The number of carbonyl (C=O) groups excluding carboxylic acids is 2. The molecule has 10 heteroatoms. The monoisotopic (exact) mass is 782 g/mol. The van der Waals surface area contributed by atoms with E-state index in [0.717, 1.165) is 70.6 Å². The number of hydrogen-bond donors (Lipinski definition) is 0. The molecule has 2 atom stereocenters. The number of ether oxygens (including phenoxy) is 2. The fourth-order valence-electron chi connectivity index (χ4n) is 5.42. The first-order valence-corrected chi connectivity index (χ1v) is 22.8. The van der Waals surface area contributed by atoms with Crippen molar-refractivity contribution in [3.05, 3.63) is 48.6 Å². The van der Waals surface area contributed by atoms with E-state index in [1.54, 1.807) is 0 Å². The van der Waals surface area contributed by atoms with Crippen LogP contribution in [0.25, 0.3) is 0 Å². The zero-order valence-corrected chi connectivity index (χ0v) is 36.0. The number of rotatable bonds is 38. The average molecular weight is 782 g/mol. The lowest BCUT2D eigenvalue weighted by molar-refractivity contribution is -0.870. The Kier molecular flexibility index (Phi) is 35.2. The fourth-order valence-corrected chi connectivity index (χ4v) is 6.15. The minimum atomic E-state index is -4.63. The third-order valence-electron chi connectivity index (χ3n) is 8.82.